The third-order valence-corrected chi connectivity index (χ3v) is 1.75. The molecule has 0 aliphatic heterocycles. The summed E-state index contributed by atoms with van der Waals surface area (Å²) in [6, 6.07) is 7.47. The Morgan fingerprint density at radius 2 is 2.25 bits per heavy atom. The van der Waals surface area contributed by atoms with Gasteiger partial charge >= 0.3 is 0 Å². The molecule has 0 spiro atoms. The zero-order valence-corrected chi connectivity index (χ0v) is 7.21. The van der Waals surface area contributed by atoms with Crippen LogP contribution in [0.25, 0.3) is 0 Å². The minimum absolute atomic E-state index is 0.354. The van der Waals surface area contributed by atoms with Gasteiger partial charge < -0.3 is 5.73 Å². The maximum Gasteiger partial charge on any atom is 0.248 e. The first kappa shape index (κ1) is 8.78. The summed E-state index contributed by atoms with van der Waals surface area (Å²) in [5.74, 6) is -0.354. The van der Waals surface area contributed by atoms with Gasteiger partial charge in [0, 0.05) is 5.56 Å². The van der Waals surface area contributed by atoms with Crippen molar-refractivity contribution < 1.29 is 4.79 Å². The molecular formula is C10H13NO. The molecule has 0 aromatic heterocycles. The summed E-state index contributed by atoms with van der Waals surface area (Å²) in [6.07, 6.45) is 2.09. The Kier molecular flexibility index (Phi) is 2.86. The Balaban J connectivity index is 2.88. The Bertz CT molecular complexity index is 281. The van der Waals surface area contributed by atoms with E-state index in [1.54, 1.807) is 6.07 Å². The van der Waals surface area contributed by atoms with Gasteiger partial charge in [0.2, 0.25) is 5.91 Å². The van der Waals surface area contributed by atoms with Gasteiger partial charge in [0.05, 0.1) is 0 Å². The van der Waals surface area contributed by atoms with Crippen LogP contribution in [0.5, 0.6) is 0 Å². The molecule has 0 aliphatic carbocycles. The highest BCUT2D eigenvalue weighted by atomic mass is 16.1. The third-order valence-electron chi connectivity index (χ3n) is 1.75. The lowest BCUT2D eigenvalue weighted by Crippen LogP contribution is -2.10. The lowest BCUT2D eigenvalue weighted by atomic mass is 10.1. The molecule has 0 fully saturated rings. The molecule has 1 rings (SSSR count). The van der Waals surface area contributed by atoms with Crippen molar-refractivity contribution in [3.63, 3.8) is 0 Å². The van der Waals surface area contributed by atoms with Crippen LogP contribution < -0.4 is 5.73 Å². The van der Waals surface area contributed by atoms with Crippen molar-refractivity contribution in [2.45, 2.75) is 19.8 Å². The van der Waals surface area contributed by atoms with Crippen molar-refractivity contribution >= 4 is 5.91 Å². The monoisotopic (exact) mass is 163 g/mol. The second-order valence-electron chi connectivity index (χ2n) is 2.81. The number of primary amides is 1. The van der Waals surface area contributed by atoms with E-state index in [1.165, 1.54) is 5.56 Å². The summed E-state index contributed by atoms with van der Waals surface area (Å²) in [5.41, 5.74) is 6.91. The van der Waals surface area contributed by atoms with Crippen LogP contribution in [0.1, 0.15) is 29.3 Å². The summed E-state index contributed by atoms with van der Waals surface area (Å²) < 4.78 is 0. The van der Waals surface area contributed by atoms with Crippen LogP contribution in [0, 0.1) is 0 Å². The SMILES string of the molecule is CCCc1cccc(C(N)=O)c1. The first-order chi connectivity index (χ1) is 5.74. The van der Waals surface area contributed by atoms with E-state index >= 15 is 0 Å². The van der Waals surface area contributed by atoms with E-state index in [0.29, 0.717) is 5.56 Å². The summed E-state index contributed by atoms with van der Waals surface area (Å²) in [7, 11) is 0. The third kappa shape index (κ3) is 2.09. The van der Waals surface area contributed by atoms with Crippen LogP contribution in [0.15, 0.2) is 24.3 Å². The predicted octanol–water partition coefficient (Wildman–Crippen LogP) is 1.74. The fourth-order valence-corrected chi connectivity index (χ4v) is 1.17. The molecule has 2 heteroatoms. The van der Waals surface area contributed by atoms with Crippen molar-refractivity contribution in [1.29, 1.82) is 0 Å². The highest BCUT2D eigenvalue weighted by Gasteiger charge is 1.99. The van der Waals surface area contributed by atoms with E-state index in [2.05, 4.69) is 6.92 Å². The molecule has 0 atom stereocenters. The first-order valence-electron chi connectivity index (χ1n) is 4.12. The van der Waals surface area contributed by atoms with Crippen LogP contribution in [-0.4, -0.2) is 5.91 Å². The Labute approximate surface area is 72.4 Å². The van der Waals surface area contributed by atoms with E-state index in [9.17, 15) is 4.79 Å². The van der Waals surface area contributed by atoms with Crippen LogP contribution >= 0.6 is 0 Å². The van der Waals surface area contributed by atoms with Crippen LogP contribution in [-0.2, 0) is 6.42 Å². The first-order valence-corrected chi connectivity index (χ1v) is 4.12. The minimum atomic E-state index is -0.354. The molecule has 0 radical (unpaired) electrons. The molecule has 0 unspecified atom stereocenters. The van der Waals surface area contributed by atoms with Crippen LogP contribution in [0.3, 0.4) is 0 Å². The van der Waals surface area contributed by atoms with Gasteiger partial charge in [0.1, 0.15) is 0 Å². The normalized spacial score (nSPS) is 9.75. The predicted molar refractivity (Wildman–Crippen MR) is 49.0 cm³/mol. The lowest BCUT2D eigenvalue weighted by Gasteiger charge is -1.99. The van der Waals surface area contributed by atoms with Crippen LogP contribution in [0.4, 0.5) is 0 Å². The van der Waals surface area contributed by atoms with Crippen molar-refractivity contribution in [3.8, 4) is 0 Å². The summed E-state index contributed by atoms with van der Waals surface area (Å²) in [6.45, 7) is 2.11. The fraction of sp³-hybridized carbons (Fsp3) is 0.300. The molecule has 0 saturated heterocycles. The number of hydrogen-bond donors (Lipinski definition) is 1. The molecule has 2 nitrogen and oxygen atoms in total. The van der Waals surface area contributed by atoms with Crippen molar-refractivity contribution in [3.05, 3.63) is 35.4 Å². The van der Waals surface area contributed by atoms with Gasteiger partial charge in [-0.05, 0) is 24.1 Å². The number of aryl methyl sites for hydroxylation is 1. The lowest BCUT2D eigenvalue weighted by molar-refractivity contribution is 0.1000. The van der Waals surface area contributed by atoms with Gasteiger partial charge in [0.15, 0.2) is 0 Å². The molecule has 12 heavy (non-hydrogen) atoms. The van der Waals surface area contributed by atoms with Gasteiger partial charge in [-0.1, -0.05) is 25.5 Å². The number of carbonyl (C=O) groups excluding carboxylic acids is 1. The second kappa shape index (κ2) is 3.90. The maximum absolute atomic E-state index is 10.8. The Hall–Kier alpha value is -1.31. The van der Waals surface area contributed by atoms with E-state index in [0.717, 1.165) is 12.8 Å². The van der Waals surface area contributed by atoms with Crippen LogP contribution in [0.2, 0.25) is 0 Å². The van der Waals surface area contributed by atoms with E-state index in [1.807, 2.05) is 18.2 Å². The van der Waals surface area contributed by atoms with E-state index in [-0.39, 0.29) is 5.91 Å². The standard InChI is InChI=1S/C10H13NO/c1-2-4-8-5-3-6-9(7-8)10(11)12/h3,5-7H,2,4H2,1H3,(H2,11,12). The Morgan fingerprint density at radius 3 is 2.83 bits per heavy atom. The van der Waals surface area contributed by atoms with Gasteiger partial charge in [0.25, 0.3) is 0 Å². The smallest absolute Gasteiger partial charge is 0.248 e. The largest absolute Gasteiger partial charge is 0.366 e. The molecule has 0 bridgehead atoms. The molecule has 64 valence electrons. The van der Waals surface area contributed by atoms with E-state index in [4.69, 9.17) is 5.73 Å². The number of amides is 1. The number of carbonyl (C=O) groups is 1. The highest BCUT2D eigenvalue weighted by molar-refractivity contribution is 5.92. The summed E-state index contributed by atoms with van der Waals surface area (Å²) >= 11 is 0. The molecule has 1 amide bonds. The average Bonchev–Trinajstić information content (AvgIpc) is 2.05. The number of hydrogen-bond acceptors (Lipinski definition) is 1. The highest BCUT2D eigenvalue weighted by Crippen LogP contribution is 2.06. The molecule has 0 heterocycles. The van der Waals surface area contributed by atoms with Gasteiger partial charge in [-0.3, -0.25) is 4.79 Å². The maximum atomic E-state index is 10.8. The topological polar surface area (TPSA) is 43.1 Å². The van der Waals surface area contributed by atoms with E-state index < -0.39 is 0 Å². The summed E-state index contributed by atoms with van der Waals surface area (Å²) in [5, 5.41) is 0. The zero-order chi connectivity index (χ0) is 8.97. The molecule has 1 aromatic rings. The number of rotatable bonds is 3. The quantitative estimate of drug-likeness (QED) is 0.724. The molecule has 2 N–H and O–H groups in total. The summed E-state index contributed by atoms with van der Waals surface area (Å²) in [4.78, 5) is 10.8. The van der Waals surface area contributed by atoms with Gasteiger partial charge in [-0.2, -0.15) is 0 Å². The molecular weight excluding hydrogens is 150 g/mol. The van der Waals surface area contributed by atoms with Crippen molar-refractivity contribution in [2.75, 3.05) is 0 Å². The molecule has 0 saturated carbocycles. The van der Waals surface area contributed by atoms with Gasteiger partial charge in [-0.25, -0.2) is 0 Å². The minimum Gasteiger partial charge on any atom is -0.366 e. The van der Waals surface area contributed by atoms with Crippen molar-refractivity contribution in [1.82, 2.24) is 0 Å². The molecule has 0 aliphatic rings. The van der Waals surface area contributed by atoms with Gasteiger partial charge in [-0.15, -0.1) is 0 Å². The Morgan fingerprint density at radius 1 is 1.50 bits per heavy atom. The average molecular weight is 163 g/mol. The molecule has 1 aromatic carbocycles. The fourth-order valence-electron chi connectivity index (χ4n) is 1.17. The van der Waals surface area contributed by atoms with Crippen molar-refractivity contribution in [2.24, 2.45) is 5.73 Å². The second-order valence-corrected chi connectivity index (χ2v) is 2.81. The zero-order valence-electron chi connectivity index (χ0n) is 7.21. The number of benzene rings is 1. The number of nitrogens with two attached hydrogens (primary N) is 1.